The van der Waals surface area contributed by atoms with E-state index in [9.17, 15) is 4.79 Å². The van der Waals surface area contributed by atoms with E-state index in [1.807, 2.05) is 42.6 Å². The molecule has 1 aromatic carbocycles. The Balaban J connectivity index is 1.58. The van der Waals surface area contributed by atoms with E-state index < -0.39 is 0 Å². The second kappa shape index (κ2) is 7.09. The minimum Gasteiger partial charge on any atom is -0.453 e. The van der Waals surface area contributed by atoms with Crippen molar-refractivity contribution in [2.75, 3.05) is 5.75 Å². The van der Waals surface area contributed by atoms with Gasteiger partial charge in [-0.05, 0) is 42.8 Å². The number of thioether (sulfide) groups is 1. The number of rotatable bonds is 6. The minimum absolute atomic E-state index is 0.351. The van der Waals surface area contributed by atoms with E-state index in [0.717, 1.165) is 23.4 Å². The molecule has 0 radical (unpaired) electrons. The van der Waals surface area contributed by atoms with Gasteiger partial charge >= 0.3 is 0 Å². The average molecular weight is 309 g/mol. The van der Waals surface area contributed by atoms with E-state index in [4.69, 9.17) is 4.42 Å². The van der Waals surface area contributed by atoms with E-state index in [2.05, 4.69) is 17.1 Å². The van der Waals surface area contributed by atoms with Crippen molar-refractivity contribution < 1.29 is 9.21 Å². The molecule has 3 rings (SSSR count). The predicted molar refractivity (Wildman–Crippen MR) is 88.2 cm³/mol. The van der Waals surface area contributed by atoms with Crippen molar-refractivity contribution in [2.24, 2.45) is 0 Å². The Kier molecular flexibility index (Phi) is 4.71. The number of carbonyl (C=O) groups is 1. The second-order valence-electron chi connectivity index (χ2n) is 4.76. The molecule has 22 heavy (non-hydrogen) atoms. The molecule has 2 heterocycles. The number of aryl methyl sites for hydroxylation is 1. The third-order valence-corrected chi connectivity index (χ3v) is 4.25. The molecule has 0 aliphatic heterocycles. The number of hydrogen-bond acceptors (Lipinski definition) is 4. The molecule has 0 fully saturated rings. The summed E-state index contributed by atoms with van der Waals surface area (Å²) in [6.07, 6.45) is 3.49. The van der Waals surface area contributed by atoms with Gasteiger partial charge in [0.1, 0.15) is 5.76 Å². The van der Waals surface area contributed by atoms with Crippen LogP contribution in [0.4, 0.5) is 0 Å². The second-order valence-corrected chi connectivity index (χ2v) is 5.93. The maximum Gasteiger partial charge on any atom is 0.185 e. The van der Waals surface area contributed by atoms with Crippen LogP contribution < -0.4 is 0 Å². The smallest absolute Gasteiger partial charge is 0.185 e. The van der Waals surface area contributed by atoms with Crippen LogP contribution in [0.5, 0.6) is 0 Å². The molecule has 0 bridgehead atoms. The van der Waals surface area contributed by atoms with Gasteiger partial charge in [0.05, 0.1) is 0 Å². The SMILES string of the molecule is O=Cc1ccc(-c2ccc(SCCc3ccccn3)cc2)o1. The Morgan fingerprint density at radius 2 is 1.91 bits per heavy atom. The molecule has 0 spiro atoms. The van der Waals surface area contributed by atoms with Gasteiger partial charge in [0.15, 0.2) is 12.0 Å². The van der Waals surface area contributed by atoms with E-state index >= 15 is 0 Å². The lowest BCUT2D eigenvalue weighted by Gasteiger charge is -2.03. The van der Waals surface area contributed by atoms with Crippen LogP contribution in [0.15, 0.2) is 70.1 Å². The number of carbonyl (C=O) groups excluding carboxylic acids is 1. The molecule has 0 unspecified atom stereocenters. The molecular weight excluding hydrogens is 294 g/mol. The number of aldehydes is 1. The molecule has 0 atom stereocenters. The van der Waals surface area contributed by atoms with Gasteiger partial charge in [-0.15, -0.1) is 11.8 Å². The number of aromatic nitrogens is 1. The largest absolute Gasteiger partial charge is 0.453 e. The van der Waals surface area contributed by atoms with E-state index in [1.54, 1.807) is 17.8 Å². The molecule has 0 amide bonds. The van der Waals surface area contributed by atoms with Gasteiger partial charge in [0.2, 0.25) is 0 Å². The number of furan rings is 1. The van der Waals surface area contributed by atoms with E-state index in [1.165, 1.54) is 4.90 Å². The fourth-order valence-electron chi connectivity index (χ4n) is 2.11. The number of hydrogen-bond donors (Lipinski definition) is 0. The highest BCUT2D eigenvalue weighted by Gasteiger charge is 2.04. The summed E-state index contributed by atoms with van der Waals surface area (Å²) in [7, 11) is 0. The van der Waals surface area contributed by atoms with Crippen LogP contribution in [0.1, 0.15) is 16.2 Å². The third-order valence-electron chi connectivity index (χ3n) is 3.23. The first kappa shape index (κ1) is 14.6. The van der Waals surface area contributed by atoms with Crippen LogP contribution in [-0.4, -0.2) is 17.0 Å². The van der Waals surface area contributed by atoms with Crippen molar-refractivity contribution in [3.05, 3.63) is 72.2 Å². The Bertz CT molecular complexity index is 735. The lowest BCUT2D eigenvalue weighted by atomic mass is 10.2. The zero-order valence-electron chi connectivity index (χ0n) is 11.9. The van der Waals surface area contributed by atoms with Crippen molar-refractivity contribution in [1.82, 2.24) is 4.98 Å². The highest BCUT2D eigenvalue weighted by molar-refractivity contribution is 7.99. The Morgan fingerprint density at radius 3 is 2.59 bits per heavy atom. The predicted octanol–water partition coefficient (Wildman–Crippen LogP) is 4.49. The summed E-state index contributed by atoms with van der Waals surface area (Å²) in [5.41, 5.74) is 2.09. The minimum atomic E-state index is 0.351. The molecule has 110 valence electrons. The van der Waals surface area contributed by atoms with Gasteiger partial charge in [0, 0.05) is 28.1 Å². The zero-order chi connectivity index (χ0) is 15.2. The van der Waals surface area contributed by atoms with Crippen LogP contribution in [-0.2, 0) is 6.42 Å². The van der Waals surface area contributed by atoms with Crippen LogP contribution in [0.25, 0.3) is 11.3 Å². The van der Waals surface area contributed by atoms with Crippen LogP contribution in [0, 0.1) is 0 Å². The number of pyridine rings is 1. The third kappa shape index (κ3) is 3.65. The summed E-state index contributed by atoms with van der Waals surface area (Å²) in [6, 6.07) is 17.6. The van der Waals surface area contributed by atoms with Crippen LogP contribution in [0.3, 0.4) is 0 Å². The van der Waals surface area contributed by atoms with Crippen LogP contribution in [0.2, 0.25) is 0 Å². The summed E-state index contributed by atoms with van der Waals surface area (Å²) >= 11 is 1.80. The molecule has 2 aromatic heterocycles. The first-order valence-corrected chi connectivity index (χ1v) is 8.02. The Labute approximate surface area is 133 Å². The monoisotopic (exact) mass is 309 g/mol. The number of nitrogens with zero attached hydrogens (tertiary/aromatic N) is 1. The lowest BCUT2D eigenvalue weighted by molar-refractivity contribution is 0.110. The summed E-state index contributed by atoms with van der Waals surface area (Å²) in [4.78, 5) is 16.2. The van der Waals surface area contributed by atoms with E-state index in [-0.39, 0.29) is 0 Å². The van der Waals surface area contributed by atoms with Gasteiger partial charge in [0.25, 0.3) is 0 Å². The zero-order valence-corrected chi connectivity index (χ0v) is 12.8. The van der Waals surface area contributed by atoms with Gasteiger partial charge in [-0.3, -0.25) is 9.78 Å². The summed E-state index contributed by atoms with van der Waals surface area (Å²) in [5.74, 6) is 2.06. The summed E-state index contributed by atoms with van der Waals surface area (Å²) < 4.78 is 5.41. The Morgan fingerprint density at radius 1 is 1.05 bits per heavy atom. The van der Waals surface area contributed by atoms with Crippen molar-refractivity contribution >= 4 is 18.0 Å². The van der Waals surface area contributed by atoms with Crippen LogP contribution >= 0.6 is 11.8 Å². The van der Waals surface area contributed by atoms with Crippen molar-refractivity contribution in [3.63, 3.8) is 0 Å². The van der Waals surface area contributed by atoms with Crippen molar-refractivity contribution in [1.29, 1.82) is 0 Å². The average Bonchev–Trinajstić information content (AvgIpc) is 3.06. The van der Waals surface area contributed by atoms with E-state index in [0.29, 0.717) is 17.8 Å². The van der Waals surface area contributed by atoms with Gasteiger partial charge in [-0.1, -0.05) is 18.2 Å². The molecule has 0 aliphatic rings. The summed E-state index contributed by atoms with van der Waals surface area (Å²) in [6.45, 7) is 0. The molecule has 0 saturated heterocycles. The van der Waals surface area contributed by atoms with Crippen molar-refractivity contribution in [2.45, 2.75) is 11.3 Å². The quantitative estimate of drug-likeness (QED) is 0.497. The fourth-order valence-corrected chi connectivity index (χ4v) is 2.98. The highest BCUT2D eigenvalue weighted by atomic mass is 32.2. The molecule has 3 nitrogen and oxygen atoms in total. The molecule has 3 aromatic rings. The standard InChI is InChI=1S/C18H15NO2S/c20-13-16-6-9-18(21-16)14-4-7-17(8-5-14)22-12-10-15-3-1-2-11-19-15/h1-9,11,13H,10,12H2. The fraction of sp³-hybridized carbons (Fsp3) is 0.111. The topological polar surface area (TPSA) is 43.1 Å². The first-order chi connectivity index (χ1) is 10.8. The maximum absolute atomic E-state index is 10.6. The molecule has 0 saturated carbocycles. The Hall–Kier alpha value is -2.33. The summed E-state index contributed by atoms with van der Waals surface area (Å²) in [5, 5.41) is 0. The first-order valence-electron chi connectivity index (χ1n) is 7.03. The van der Waals surface area contributed by atoms with Crippen molar-refractivity contribution in [3.8, 4) is 11.3 Å². The molecular formula is C18H15NO2S. The molecule has 4 heteroatoms. The van der Waals surface area contributed by atoms with Gasteiger partial charge in [-0.2, -0.15) is 0 Å². The number of benzene rings is 1. The van der Waals surface area contributed by atoms with Gasteiger partial charge in [-0.25, -0.2) is 0 Å². The highest BCUT2D eigenvalue weighted by Crippen LogP contribution is 2.25. The lowest BCUT2D eigenvalue weighted by Crippen LogP contribution is -1.91. The molecule has 0 N–H and O–H groups in total. The maximum atomic E-state index is 10.6. The normalized spacial score (nSPS) is 10.5. The molecule has 0 aliphatic carbocycles. The van der Waals surface area contributed by atoms with Gasteiger partial charge < -0.3 is 4.42 Å².